The summed E-state index contributed by atoms with van der Waals surface area (Å²) < 4.78 is 36.2. The Morgan fingerprint density at radius 1 is 1.12 bits per heavy atom. The molecule has 34 heavy (non-hydrogen) atoms. The third-order valence-corrected chi connectivity index (χ3v) is 5.71. The van der Waals surface area contributed by atoms with Gasteiger partial charge in [0.15, 0.2) is 5.82 Å². The van der Waals surface area contributed by atoms with E-state index in [-0.39, 0.29) is 29.6 Å². The van der Waals surface area contributed by atoms with Gasteiger partial charge in [0.05, 0.1) is 23.9 Å². The van der Waals surface area contributed by atoms with Crippen LogP contribution in [0.5, 0.6) is 5.75 Å². The van der Waals surface area contributed by atoms with Gasteiger partial charge in [-0.05, 0) is 31.9 Å². The number of aromatic nitrogens is 6. The second-order valence-corrected chi connectivity index (χ2v) is 8.14. The normalized spacial score (nSPS) is 13.2. The van der Waals surface area contributed by atoms with E-state index in [9.17, 15) is 8.78 Å². The highest BCUT2D eigenvalue weighted by molar-refractivity contribution is 6.33. The summed E-state index contributed by atoms with van der Waals surface area (Å²) >= 11 is 6.71. The van der Waals surface area contributed by atoms with Crippen molar-refractivity contribution in [3.8, 4) is 17.3 Å². The van der Waals surface area contributed by atoms with Gasteiger partial charge in [-0.15, -0.1) is 0 Å². The predicted molar refractivity (Wildman–Crippen MR) is 122 cm³/mol. The maximum Gasteiger partial charge on any atom is 0.183 e. The maximum atomic E-state index is 14.7. The standard InChI is InChI=1S/C23H20ClF2N7O/c1-2-34-14-9-16(25)15(17(26)10-14)11-33-22(13-3-4-13)20(24)21(32-33)23-28-8-6-19(31-23)30-18-5-7-27-12-29-18/h5-10,12-13H,2-4,11H2,1H3,(H,27,28,29,30,31). The smallest absolute Gasteiger partial charge is 0.183 e. The van der Waals surface area contributed by atoms with E-state index < -0.39 is 11.6 Å². The summed E-state index contributed by atoms with van der Waals surface area (Å²) in [6.45, 7) is 1.95. The first-order valence-corrected chi connectivity index (χ1v) is 11.1. The first-order valence-electron chi connectivity index (χ1n) is 10.8. The Hall–Kier alpha value is -3.66. The van der Waals surface area contributed by atoms with E-state index in [4.69, 9.17) is 16.3 Å². The molecule has 0 radical (unpaired) electrons. The number of ether oxygens (including phenoxy) is 1. The minimum absolute atomic E-state index is 0.115. The first-order chi connectivity index (χ1) is 16.5. The van der Waals surface area contributed by atoms with Gasteiger partial charge in [-0.2, -0.15) is 5.10 Å². The number of nitrogens with zero attached hydrogens (tertiary/aromatic N) is 6. The molecule has 174 valence electrons. The summed E-state index contributed by atoms with van der Waals surface area (Å²) in [5.74, 6) is 0.255. The lowest BCUT2D eigenvalue weighted by atomic mass is 10.1. The fourth-order valence-electron chi connectivity index (χ4n) is 3.63. The number of benzene rings is 1. The van der Waals surface area contributed by atoms with Crippen molar-refractivity contribution in [2.45, 2.75) is 32.2 Å². The predicted octanol–water partition coefficient (Wildman–Crippen LogP) is 5.13. The highest BCUT2D eigenvalue weighted by atomic mass is 35.5. The Labute approximate surface area is 199 Å². The van der Waals surface area contributed by atoms with Crippen molar-refractivity contribution in [1.82, 2.24) is 29.7 Å². The lowest BCUT2D eigenvalue weighted by Crippen LogP contribution is -2.10. The zero-order valence-corrected chi connectivity index (χ0v) is 18.9. The molecule has 1 aliphatic carbocycles. The van der Waals surface area contributed by atoms with E-state index in [0.29, 0.717) is 29.0 Å². The molecule has 11 heteroatoms. The van der Waals surface area contributed by atoms with Gasteiger partial charge in [0, 0.05) is 36.0 Å². The number of hydrogen-bond acceptors (Lipinski definition) is 7. The highest BCUT2D eigenvalue weighted by Crippen LogP contribution is 2.46. The quantitative estimate of drug-likeness (QED) is 0.371. The molecule has 0 amide bonds. The molecule has 1 saturated carbocycles. The lowest BCUT2D eigenvalue weighted by Gasteiger charge is -2.11. The van der Waals surface area contributed by atoms with E-state index in [1.165, 1.54) is 18.5 Å². The van der Waals surface area contributed by atoms with Crippen molar-refractivity contribution in [2.24, 2.45) is 0 Å². The van der Waals surface area contributed by atoms with Crippen LogP contribution in [0, 0.1) is 11.6 Å². The van der Waals surface area contributed by atoms with Crippen molar-refractivity contribution >= 4 is 23.2 Å². The second kappa shape index (κ2) is 9.30. The zero-order valence-electron chi connectivity index (χ0n) is 18.2. The van der Waals surface area contributed by atoms with Crippen LogP contribution in [0.4, 0.5) is 20.4 Å². The molecule has 1 aromatic carbocycles. The molecule has 8 nitrogen and oxygen atoms in total. The van der Waals surface area contributed by atoms with Crippen molar-refractivity contribution in [3.63, 3.8) is 0 Å². The largest absolute Gasteiger partial charge is 0.494 e. The monoisotopic (exact) mass is 483 g/mol. The minimum Gasteiger partial charge on any atom is -0.494 e. The number of nitrogens with one attached hydrogen (secondary N) is 1. The number of anilines is 2. The van der Waals surface area contributed by atoms with Crippen LogP contribution in [0.15, 0.2) is 43.0 Å². The second-order valence-electron chi connectivity index (χ2n) is 7.76. The van der Waals surface area contributed by atoms with E-state index in [0.717, 1.165) is 18.5 Å². The van der Waals surface area contributed by atoms with Crippen LogP contribution in [0.2, 0.25) is 5.02 Å². The maximum absolute atomic E-state index is 14.7. The topological polar surface area (TPSA) is 90.6 Å². The molecule has 5 rings (SSSR count). The fourth-order valence-corrected chi connectivity index (χ4v) is 4.01. The zero-order chi connectivity index (χ0) is 23.7. The van der Waals surface area contributed by atoms with E-state index >= 15 is 0 Å². The molecule has 0 spiro atoms. The molecule has 1 aliphatic rings. The van der Waals surface area contributed by atoms with Gasteiger partial charge in [-0.1, -0.05) is 11.6 Å². The van der Waals surface area contributed by atoms with Crippen LogP contribution >= 0.6 is 11.6 Å². The summed E-state index contributed by atoms with van der Waals surface area (Å²) in [5, 5.41) is 8.02. The lowest BCUT2D eigenvalue weighted by molar-refractivity contribution is 0.335. The molecule has 3 heterocycles. The molecule has 0 atom stereocenters. The van der Waals surface area contributed by atoms with Crippen molar-refractivity contribution < 1.29 is 13.5 Å². The number of rotatable bonds is 8. The van der Waals surface area contributed by atoms with Crippen LogP contribution in [-0.4, -0.2) is 36.3 Å². The van der Waals surface area contributed by atoms with Crippen LogP contribution < -0.4 is 10.1 Å². The average Bonchev–Trinajstić information content (AvgIpc) is 3.60. The first kappa shape index (κ1) is 22.1. The Morgan fingerprint density at radius 2 is 1.88 bits per heavy atom. The van der Waals surface area contributed by atoms with Crippen molar-refractivity contribution in [3.05, 3.63) is 70.9 Å². The van der Waals surface area contributed by atoms with Crippen LogP contribution in [0.25, 0.3) is 11.5 Å². The SMILES string of the molecule is CCOc1cc(F)c(Cn2nc(-c3nccc(Nc4ccncn4)n3)c(Cl)c2C2CC2)c(F)c1. The molecule has 1 fully saturated rings. The van der Waals surface area contributed by atoms with Gasteiger partial charge >= 0.3 is 0 Å². The molecular formula is C23H20ClF2N7O. The van der Waals surface area contributed by atoms with Crippen molar-refractivity contribution in [1.29, 1.82) is 0 Å². The van der Waals surface area contributed by atoms with E-state index in [2.05, 4.69) is 30.4 Å². The Bertz CT molecular complexity index is 1310. The van der Waals surface area contributed by atoms with Crippen LogP contribution in [-0.2, 0) is 6.54 Å². The fraction of sp³-hybridized carbons (Fsp3) is 0.261. The Balaban J connectivity index is 1.49. The van der Waals surface area contributed by atoms with Gasteiger partial charge in [0.2, 0.25) is 0 Å². The molecule has 0 bridgehead atoms. The summed E-state index contributed by atoms with van der Waals surface area (Å²) in [6, 6.07) is 5.74. The summed E-state index contributed by atoms with van der Waals surface area (Å²) in [4.78, 5) is 16.8. The third-order valence-electron chi connectivity index (χ3n) is 5.33. The Morgan fingerprint density at radius 3 is 2.56 bits per heavy atom. The summed E-state index contributed by atoms with van der Waals surface area (Å²) in [7, 11) is 0. The van der Waals surface area contributed by atoms with Gasteiger partial charge in [0.25, 0.3) is 0 Å². The Kier molecular flexibility index (Phi) is 6.06. The molecule has 0 saturated heterocycles. The van der Waals surface area contributed by atoms with Gasteiger partial charge < -0.3 is 10.1 Å². The van der Waals surface area contributed by atoms with Crippen LogP contribution in [0.1, 0.15) is 36.9 Å². The van der Waals surface area contributed by atoms with Crippen LogP contribution in [0.3, 0.4) is 0 Å². The van der Waals surface area contributed by atoms with Gasteiger partial charge in [-0.25, -0.2) is 28.7 Å². The van der Waals surface area contributed by atoms with E-state index in [1.807, 2.05) is 0 Å². The molecule has 0 unspecified atom stereocenters. The van der Waals surface area contributed by atoms with Crippen molar-refractivity contribution in [2.75, 3.05) is 11.9 Å². The van der Waals surface area contributed by atoms with E-state index in [1.54, 1.807) is 36.1 Å². The summed E-state index contributed by atoms with van der Waals surface area (Å²) in [6.07, 6.45) is 6.45. The molecular weight excluding hydrogens is 464 g/mol. The third kappa shape index (κ3) is 4.54. The van der Waals surface area contributed by atoms with Gasteiger partial charge in [0.1, 0.15) is 41.0 Å². The minimum atomic E-state index is -0.703. The molecule has 4 aromatic rings. The number of halogens is 3. The number of hydrogen-bond donors (Lipinski definition) is 1. The molecule has 1 N–H and O–H groups in total. The van der Waals surface area contributed by atoms with Gasteiger partial charge in [-0.3, -0.25) is 4.68 Å². The summed E-state index contributed by atoms with van der Waals surface area (Å²) in [5.41, 5.74) is 0.958. The average molecular weight is 484 g/mol. The highest BCUT2D eigenvalue weighted by Gasteiger charge is 2.33. The molecule has 3 aromatic heterocycles. The molecule has 0 aliphatic heterocycles.